The predicted molar refractivity (Wildman–Crippen MR) is 202 cm³/mol. The Hall–Kier alpha value is -5.55. The molecule has 0 amide bonds. The fourth-order valence-corrected chi connectivity index (χ4v) is 7.08. The van der Waals surface area contributed by atoms with Crippen molar-refractivity contribution in [2.24, 2.45) is 0 Å². The van der Waals surface area contributed by atoms with Crippen LogP contribution in [0.5, 0.6) is 29.0 Å². The molecule has 5 aromatic rings. The summed E-state index contributed by atoms with van der Waals surface area (Å²) in [6.45, 7) is 4.06. The van der Waals surface area contributed by atoms with Crippen molar-refractivity contribution in [2.45, 2.75) is 19.4 Å². The maximum atomic E-state index is 14.5. The Kier molecular flexibility index (Phi) is 13.7. The van der Waals surface area contributed by atoms with Crippen LogP contribution in [-0.4, -0.2) is 113 Å². The summed E-state index contributed by atoms with van der Waals surface area (Å²) in [5, 5.41) is 19.0. The zero-order chi connectivity index (χ0) is 43.1. The lowest BCUT2D eigenvalue weighted by atomic mass is 10.0. The zero-order valence-corrected chi connectivity index (χ0v) is 33.0. The highest BCUT2D eigenvalue weighted by molar-refractivity contribution is 8.05. The molecule has 0 unspecified atom stereocenters. The maximum Gasteiger partial charge on any atom is 0.553 e. The van der Waals surface area contributed by atoms with Crippen LogP contribution in [0.4, 0.5) is 13.2 Å². The van der Waals surface area contributed by atoms with Crippen molar-refractivity contribution < 1.29 is 88.3 Å². The fraction of sp³-hybridized carbons (Fsp3) is 0.342. The van der Waals surface area contributed by atoms with Crippen LogP contribution in [0.1, 0.15) is 31.8 Å². The summed E-state index contributed by atoms with van der Waals surface area (Å²) in [7, 11) is -4.84. The second kappa shape index (κ2) is 18.2. The summed E-state index contributed by atoms with van der Waals surface area (Å²) in [5.74, 6) is -3.41. The Morgan fingerprint density at radius 1 is 0.695 bits per heavy atom. The molecule has 2 heterocycles. The van der Waals surface area contributed by atoms with Crippen LogP contribution in [0, 0.1) is 13.8 Å². The van der Waals surface area contributed by atoms with Crippen LogP contribution in [0.3, 0.4) is 0 Å². The quantitative estimate of drug-likeness (QED) is 0.0291. The van der Waals surface area contributed by atoms with Crippen LogP contribution in [0.15, 0.2) is 60.7 Å². The maximum absolute atomic E-state index is 14.5. The van der Waals surface area contributed by atoms with Gasteiger partial charge in [0.25, 0.3) is 0 Å². The lowest BCUT2D eigenvalue weighted by molar-refractivity contribution is -0.488. The number of hydrogen-bond acceptors (Lipinski definition) is 13. The number of fused-ring (bicyclic) bond motifs is 2. The zero-order valence-electron chi connectivity index (χ0n) is 32.1. The third kappa shape index (κ3) is 9.68. The monoisotopic (exact) mass is 855 g/mol. The van der Waals surface area contributed by atoms with Gasteiger partial charge in [-0.25, -0.2) is 9.59 Å². The van der Waals surface area contributed by atoms with E-state index >= 15 is 0 Å². The van der Waals surface area contributed by atoms with Gasteiger partial charge in [0, 0.05) is 38.5 Å². The van der Waals surface area contributed by atoms with E-state index in [1.165, 1.54) is 52.3 Å². The molecule has 0 aliphatic carbocycles. The van der Waals surface area contributed by atoms with E-state index in [4.69, 9.17) is 38.0 Å². The summed E-state index contributed by atoms with van der Waals surface area (Å²) in [5.41, 5.74) is -7.67. The summed E-state index contributed by atoms with van der Waals surface area (Å²) in [6.07, 6.45) is 0. The normalized spacial score (nSPS) is 12.7. The van der Waals surface area contributed by atoms with Crippen molar-refractivity contribution in [1.82, 2.24) is 4.73 Å². The van der Waals surface area contributed by atoms with E-state index in [1.54, 1.807) is 0 Å². The number of aryl methyl sites for hydroxylation is 2. The number of methoxy groups -OCH3 is 2. The number of halogens is 3. The average molecular weight is 856 g/mol. The largest absolute Gasteiger partial charge is 0.553 e. The molecule has 0 aliphatic heterocycles. The molecule has 21 heteroatoms. The van der Waals surface area contributed by atoms with Crippen molar-refractivity contribution in [1.29, 1.82) is 0 Å². The lowest BCUT2D eigenvalue weighted by Crippen LogP contribution is -2.69. The second-order valence-corrected chi connectivity index (χ2v) is 15.2. The van der Waals surface area contributed by atoms with Gasteiger partial charge in [0.05, 0.1) is 61.5 Å². The van der Waals surface area contributed by atoms with Gasteiger partial charge in [0.1, 0.15) is 30.5 Å². The Morgan fingerprint density at radius 2 is 1.15 bits per heavy atom. The standard InChI is InChI=1S/C38H41F3N2O15S/c1-23-19-25(36(46)58-42-32(44)9-10-33(42)45)20-24(2)35(23)57-37(47)34-28-21-26(55-17-15-53-13-11-51-3)5-7-30(28)43(59(48,49,50)38(39,40)41)31-8-6-27(22-29(31)34)56-18-16-54-14-12-52-4/h5-10,19-22H,11-18H2,1-4H3,(H3,47,48,49,50)/p+1. The van der Waals surface area contributed by atoms with Crippen LogP contribution < -0.4 is 23.0 Å². The summed E-state index contributed by atoms with van der Waals surface area (Å²) in [4.78, 5) is 32.5. The van der Waals surface area contributed by atoms with Gasteiger partial charge >= 0.3 is 27.3 Å². The van der Waals surface area contributed by atoms with E-state index in [1.807, 2.05) is 0 Å². The first-order chi connectivity index (χ1) is 27.9. The molecular formula is C38H42F3N2O15S+. The number of hydrogen-bond donors (Lipinski definition) is 4. The van der Waals surface area contributed by atoms with E-state index in [9.17, 15) is 46.3 Å². The Bertz CT molecular complexity index is 2290. The van der Waals surface area contributed by atoms with Gasteiger partial charge in [-0.15, -0.1) is 4.73 Å². The average Bonchev–Trinajstić information content (AvgIpc) is 3.49. The predicted octanol–water partition coefficient (Wildman–Crippen LogP) is 4.73. The number of aromatic hydroxyl groups is 2. The van der Waals surface area contributed by atoms with E-state index in [0.717, 1.165) is 36.4 Å². The number of esters is 1. The minimum atomic E-state index is -7.82. The number of benzene rings is 3. The molecule has 0 saturated carbocycles. The van der Waals surface area contributed by atoms with Gasteiger partial charge in [-0.3, -0.25) is 9.11 Å². The molecule has 0 atom stereocenters. The molecule has 4 N–H and O–H groups in total. The van der Waals surface area contributed by atoms with Crippen LogP contribution in [0.2, 0.25) is 0 Å². The summed E-state index contributed by atoms with van der Waals surface area (Å²) < 4.78 is 117. The number of alkyl halides is 3. The number of rotatable bonds is 19. The molecule has 0 aliphatic rings. The van der Waals surface area contributed by atoms with E-state index in [-0.39, 0.29) is 77.6 Å². The smallest absolute Gasteiger partial charge is 0.492 e. The van der Waals surface area contributed by atoms with E-state index in [0.29, 0.717) is 17.9 Å². The molecule has 2 aromatic heterocycles. The number of ether oxygens (including phenoxy) is 7. The van der Waals surface area contributed by atoms with Crippen LogP contribution in [0.25, 0.3) is 21.8 Å². The molecule has 0 fully saturated rings. The molecule has 5 rings (SSSR count). The third-order valence-corrected chi connectivity index (χ3v) is 10.4. The fourth-order valence-electron chi connectivity index (χ4n) is 5.85. The van der Waals surface area contributed by atoms with E-state index in [2.05, 4.69) is 0 Å². The molecule has 0 spiro atoms. The van der Waals surface area contributed by atoms with Gasteiger partial charge in [-0.05, 0) is 61.4 Å². The SMILES string of the molecule is COCCOCCOc1ccc2c(c1)c(C(=O)Oc1c(C)cc(C(=O)On3c(O)ccc3O)cc1C)c1cc(OCCOCCOC)ccc1[n+]2S(=O)(O)(O)C(F)(F)F. The number of pyridine rings is 1. The molecule has 17 nitrogen and oxygen atoms in total. The van der Waals surface area contributed by atoms with Gasteiger partial charge in [0.2, 0.25) is 22.8 Å². The number of aromatic nitrogens is 2. The van der Waals surface area contributed by atoms with Crippen molar-refractivity contribution in [3.8, 4) is 29.0 Å². The van der Waals surface area contributed by atoms with Crippen LogP contribution >= 0.6 is 0 Å². The topological polar surface area (TPSA) is 215 Å². The number of carbonyl (C=O) groups is 2. The van der Waals surface area contributed by atoms with E-state index < -0.39 is 66.4 Å². The summed E-state index contributed by atoms with van der Waals surface area (Å²) in [6, 6.07) is 11.3. The minimum Gasteiger partial charge on any atom is -0.492 e. The highest BCUT2D eigenvalue weighted by Gasteiger charge is 2.68. The molecule has 0 saturated heterocycles. The molecular weight excluding hydrogens is 813 g/mol. The Labute approximate surface area is 334 Å². The Balaban J connectivity index is 1.66. The molecule has 320 valence electrons. The Morgan fingerprint density at radius 3 is 1.59 bits per heavy atom. The molecule has 0 bridgehead atoms. The van der Waals surface area contributed by atoms with Crippen molar-refractivity contribution in [2.75, 3.05) is 67.1 Å². The van der Waals surface area contributed by atoms with Crippen molar-refractivity contribution >= 4 is 43.6 Å². The first kappa shape index (κ1) is 44.6. The minimum absolute atomic E-state index is 0.00478. The first-order valence-corrected chi connectivity index (χ1v) is 19.4. The van der Waals surface area contributed by atoms with Gasteiger partial charge < -0.3 is 48.2 Å². The van der Waals surface area contributed by atoms with Crippen molar-refractivity contribution in [3.63, 3.8) is 0 Å². The highest BCUT2D eigenvalue weighted by atomic mass is 32.3. The first-order valence-electron chi connectivity index (χ1n) is 17.6. The number of nitrogens with zero attached hydrogens (tertiary/aromatic N) is 2. The summed E-state index contributed by atoms with van der Waals surface area (Å²) >= 11 is 0. The second-order valence-electron chi connectivity index (χ2n) is 12.8. The molecule has 59 heavy (non-hydrogen) atoms. The number of carbonyl (C=O) groups excluding carboxylic acids is 2. The molecule has 0 radical (unpaired) electrons. The molecule has 3 aromatic carbocycles. The van der Waals surface area contributed by atoms with Gasteiger partial charge in [0.15, 0.2) is 0 Å². The van der Waals surface area contributed by atoms with Crippen LogP contribution in [-0.2, 0) is 28.8 Å². The highest BCUT2D eigenvalue weighted by Crippen LogP contribution is 2.41. The third-order valence-electron chi connectivity index (χ3n) is 8.57. The van der Waals surface area contributed by atoms with Gasteiger partial charge in [-0.2, -0.15) is 17.4 Å². The lowest BCUT2D eigenvalue weighted by Gasteiger charge is -2.28. The van der Waals surface area contributed by atoms with Crippen molar-refractivity contribution in [3.05, 3.63) is 82.9 Å². The van der Waals surface area contributed by atoms with Gasteiger partial charge in [-0.1, -0.05) is 3.97 Å².